The summed E-state index contributed by atoms with van der Waals surface area (Å²) in [5.74, 6) is 3.45. The zero-order chi connectivity index (χ0) is 28.4. The van der Waals surface area contributed by atoms with Gasteiger partial charge in [-0.05, 0) is 28.3 Å². The smallest absolute Gasteiger partial charge is 0.164 e. The van der Waals surface area contributed by atoms with E-state index >= 15 is 0 Å². The molecule has 0 N–H and O–H groups in total. The fraction of sp³-hybridized carbons (Fsp3) is 0.125. The van der Waals surface area contributed by atoms with Crippen molar-refractivity contribution in [2.24, 2.45) is 11.8 Å². The Kier molecular flexibility index (Phi) is 5.36. The van der Waals surface area contributed by atoms with Gasteiger partial charge in [0.15, 0.2) is 17.5 Å². The average molecular weight is 552 g/mol. The minimum absolute atomic E-state index is 0.169. The molecule has 4 aromatic carbocycles. The van der Waals surface area contributed by atoms with Gasteiger partial charge in [0.05, 0.1) is 0 Å². The predicted octanol–water partition coefficient (Wildman–Crippen LogP) is 8.84. The van der Waals surface area contributed by atoms with Crippen LogP contribution in [0.2, 0.25) is 0 Å². The highest BCUT2D eigenvalue weighted by molar-refractivity contribution is 5.71. The third-order valence-electron chi connectivity index (χ3n) is 9.90. The molecule has 0 saturated heterocycles. The van der Waals surface area contributed by atoms with Crippen LogP contribution in [0, 0.1) is 11.8 Å². The molecule has 0 amide bonds. The van der Waals surface area contributed by atoms with E-state index in [1.54, 1.807) is 0 Å². The zero-order valence-corrected chi connectivity index (χ0v) is 23.6. The van der Waals surface area contributed by atoms with Crippen LogP contribution in [0.4, 0.5) is 0 Å². The van der Waals surface area contributed by atoms with E-state index in [0.717, 1.165) is 16.7 Å². The number of hydrogen-bond donors (Lipinski definition) is 0. The van der Waals surface area contributed by atoms with Crippen molar-refractivity contribution in [2.75, 3.05) is 0 Å². The van der Waals surface area contributed by atoms with E-state index in [9.17, 15) is 0 Å². The van der Waals surface area contributed by atoms with Crippen LogP contribution in [0.3, 0.4) is 0 Å². The summed E-state index contributed by atoms with van der Waals surface area (Å²) < 4.78 is 0. The number of fused-ring (bicyclic) bond motifs is 10. The summed E-state index contributed by atoms with van der Waals surface area (Å²) in [6.07, 6.45) is 18.7. The molecule has 4 aliphatic rings. The summed E-state index contributed by atoms with van der Waals surface area (Å²) >= 11 is 0. The van der Waals surface area contributed by atoms with Gasteiger partial charge in [-0.25, -0.2) is 15.0 Å². The van der Waals surface area contributed by atoms with Crippen LogP contribution in [0.25, 0.3) is 34.2 Å². The number of benzene rings is 4. The van der Waals surface area contributed by atoms with E-state index in [0.29, 0.717) is 41.1 Å². The summed E-state index contributed by atoms with van der Waals surface area (Å²) in [4.78, 5) is 15.1. The Labute approximate surface area is 251 Å². The van der Waals surface area contributed by atoms with Gasteiger partial charge in [0.2, 0.25) is 0 Å². The van der Waals surface area contributed by atoms with Crippen LogP contribution < -0.4 is 0 Å². The molecule has 0 saturated carbocycles. The summed E-state index contributed by atoms with van der Waals surface area (Å²) in [6.45, 7) is 0. The van der Waals surface area contributed by atoms with E-state index in [-0.39, 0.29) is 5.41 Å². The molecule has 5 aromatic rings. The third-order valence-corrected chi connectivity index (χ3v) is 9.90. The van der Waals surface area contributed by atoms with Gasteiger partial charge >= 0.3 is 0 Å². The zero-order valence-electron chi connectivity index (χ0n) is 23.6. The maximum absolute atomic E-state index is 5.08. The first-order chi connectivity index (χ1) is 21.3. The predicted molar refractivity (Wildman–Crippen MR) is 172 cm³/mol. The molecule has 3 heteroatoms. The molecule has 9 rings (SSSR count). The topological polar surface area (TPSA) is 38.7 Å². The molecule has 0 aliphatic heterocycles. The summed E-state index contributed by atoms with van der Waals surface area (Å²) in [6, 6.07) is 36.5. The van der Waals surface area contributed by atoms with Crippen molar-refractivity contribution in [3.63, 3.8) is 0 Å². The molecule has 43 heavy (non-hydrogen) atoms. The van der Waals surface area contributed by atoms with Gasteiger partial charge < -0.3 is 0 Å². The van der Waals surface area contributed by atoms with E-state index in [2.05, 4.69) is 115 Å². The van der Waals surface area contributed by atoms with Gasteiger partial charge in [-0.3, -0.25) is 0 Å². The van der Waals surface area contributed by atoms with Crippen molar-refractivity contribution in [3.05, 3.63) is 174 Å². The maximum Gasteiger partial charge on any atom is 0.164 e. The highest BCUT2D eigenvalue weighted by Gasteiger charge is 2.61. The lowest BCUT2D eigenvalue weighted by molar-refractivity contribution is 0.312. The third kappa shape index (κ3) is 3.51. The first kappa shape index (κ1) is 24.4. The SMILES string of the molecule is C1=CC2c3ccccc3C3(c4cc(-c5nc(-c6ccccc6)nc(-c6ccccc6)n5)ccc4C4C=CC=CC43)C2C=C1. The van der Waals surface area contributed by atoms with Crippen molar-refractivity contribution in [1.82, 2.24) is 15.0 Å². The Hall–Kier alpha value is -5.15. The van der Waals surface area contributed by atoms with Crippen LogP contribution in [0.1, 0.15) is 34.1 Å². The first-order valence-corrected chi connectivity index (χ1v) is 15.1. The average Bonchev–Trinajstić information content (AvgIpc) is 3.56. The monoisotopic (exact) mass is 551 g/mol. The Bertz CT molecular complexity index is 1930. The van der Waals surface area contributed by atoms with Gasteiger partial charge in [0.1, 0.15) is 0 Å². The molecule has 1 spiro atoms. The van der Waals surface area contributed by atoms with Crippen LogP contribution in [-0.4, -0.2) is 15.0 Å². The Balaban J connectivity index is 1.29. The molecule has 1 heterocycles. The Morgan fingerprint density at radius 3 is 1.51 bits per heavy atom. The molecule has 0 radical (unpaired) electrons. The maximum atomic E-state index is 5.08. The second kappa shape index (κ2) is 9.43. The fourth-order valence-corrected chi connectivity index (χ4v) is 8.21. The van der Waals surface area contributed by atoms with Crippen molar-refractivity contribution in [3.8, 4) is 34.2 Å². The Morgan fingerprint density at radius 2 is 0.907 bits per heavy atom. The number of rotatable bonds is 3. The van der Waals surface area contributed by atoms with Gasteiger partial charge in [0.25, 0.3) is 0 Å². The molecule has 0 fully saturated rings. The molecule has 0 bridgehead atoms. The van der Waals surface area contributed by atoms with E-state index in [1.807, 2.05) is 36.4 Å². The molecule has 4 aliphatic carbocycles. The molecular formula is C40H29N3. The lowest BCUT2D eigenvalue weighted by atomic mass is 9.61. The summed E-state index contributed by atoms with van der Waals surface area (Å²) in [5, 5.41) is 0. The minimum Gasteiger partial charge on any atom is -0.208 e. The number of nitrogens with zero attached hydrogens (tertiary/aromatic N) is 3. The van der Waals surface area contributed by atoms with Crippen LogP contribution in [0.15, 0.2) is 152 Å². The standard InChI is InChI=1S/C40H29N3/c1-3-13-26(14-4-1)37-41-38(27-15-5-2-6-16-27)43-39(42-37)28-23-24-32-31-19-9-12-22-35(31)40(36(32)25-28)33-20-10-7-17-29(33)30-18-8-11-21-34(30)40/h1-25,29,31,33,35H. The lowest BCUT2D eigenvalue weighted by Gasteiger charge is -2.40. The van der Waals surface area contributed by atoms with Gasteiger partial charge in [-0.1, -0.05) is 146 Å². The van der Waals surface area contributed by atoms with E-state index < -0.39 is 0 Å². The van der Waals surface area contributed by atoms with Gasteiger partial charge in [-0.15, -0.1) is 0 Å². The van der Waals surface area contributed by atoms with Gasteiger partial charge in [-0.2, -0.15) is 0 Å². The van der Waals surface area contributed by atoms with Crippen molar-refractivity contribution in [2.45, 2.75) is 17.3 Å². The summed E-state index contributed by atoms with van der Waals surface area (Å²) in [7, 11) is 0. The fourth-order valence-electron chi connectivity index (χ4n) is 8.21. The van der Waals surface area contributed by atoms with E-state index in [1.165, 1.54) is 22.3 Å². The number of hydrogen-bond acceptors (Lipinski definition) is 3. The van der Waals surface area contributed by atoms with Crippen LogP contribution >= 0.6 is 0 Å². The number of allylic oxidation sites excluding steroid dienone is 8. The molecule has 3 nitrogen and oxygen atoms in total. The number of aromatic nitrogens is 3. The summed E-state index contributed by atoms with van der Waals surface area (Å²) in [5.41, 5.74) is 8.54. The van der Waals surface area contributed by atoms with Crippen molar-refractivity contribution in [1.29, 1.82) is 0 Å². The lowest BCUT2D eigenvalue weighted by Crippen LogP contribution is -2.38. The molecule has 204 valence electrons. The van der Waals surface area contributed by atoms with Gasteiger partial charge in [0, 0.05) is 45.8 Å². The normalized spacial score (nSPS) is 25.4. The van der Waals surface area contributed by atoms with Crippen molar-refractivity contribution < 1.29 is 0 Å². The first-order valence-electron chi connectivity index (χ1n) is 15.1. The molecule has 5 unspecified atom stereocenters. The molecule has 5 atom stereocenters. The molecular weight excluding hydrogens is 522 g/mol. The van der Waals surface area contributed by atoms with Crippen LogP contribution in [-0.2, 0) is 5.41 Å². The van der Waals surface area contributed by atoms with Crippen LogP contribution in [0.5, 0.6) is 0 Å². The quantitative estimate of drug-likeness (QED) is 0.225. The largest absolute Gasteiger partial charge is 0.208 e. The van der Waals surface area contributed by atoms with Crippen molar-refractivity contribution >= 4 is 0 Å². The highest BCUT2D eigenvalue weighted by atomic mass is 15.0. The van der Waals surface area contributed by atoms with E-state index in [4.69, 9.17) is 15.0 Å². The minimum atomic E-state index is -0.169. The highest BCUT2D eigenvalue weighted by Crippen LogP contribution is 2.67. The second-order valence-corrected chi connectivity index (χ2v) is 11.9. The Morgan fingerprint density at radius 1 is 0.419 bits per heavy atom. The molecule has 1 aromatic heterocycles. The second-order valence-electron chi connectivity index (χ2n) is 11.9.